The summed E-state index contributed by atoms with van der Waals surface area (Å²) < 4.78 is 0. The molecule has 1 aromatic heterocycles. The number of β-amino-alcohol motifs (C(OH)–C–C–N with tert-alkyl or cyclic N) is 1. The van der Waals surface area contributed by atoms with E-state index in [-0.39, 0.29) is 43.3 Å². The highest BCUT2D eigenvalue weighted by Gasteiger charge is 2.28. The van der Waals surface area contributed by atoms with Crippen LogP contribution in [-0.2, 0) is 0 Å². The molecule has 0 amide bonds. The number of nitrogens with zero attached hydrogens (tertiary/aromatic N) is 3. The molecule has 4 aromatic rings. The predicted octanol–water partition coefficient (Wildman–Crippen LogP) is 6.74. The van der Waals surface area contributed by atoms with Gasteiger partial charge in [0.25, 0.3) is 0 Å². The third kappa shape index (κ3) is 7.51. The van der Waals surface area contributed by atoms with Gasteiger partial charge in [-0.2, -0.15) is 0 Å². The molecule has 1 saturated heterocycles. The number of piperazine rings is 1. The summed E-state index contributed by atoms with van der Waals surface area (Å²) in [5.41, 5.74) is 5.19. The molecule has 0 spiro atoms. The SMILES string of the molecule is Cc1[nH]c(-c2ccc(Cl)cc2)nc1C(O)CN1CCN(C(c2ccccc2)c2ccccc2)CC1.Cl.Cl.Cl. The third-order valence-electron chi connectivity index (χ3n) is 6.79. The van der Waals surface area contributed by atoms with Gasteiger partial charge in [-0.15, -0.1) is 37.2 Å². The van der Waals surface area contributed by atoms with E-state index in [1.54, 1.807) is 0 Å². The Morgan fingerprint density at radius 2 is 1.34 bits per heavy atom. The number of rotatable bonds is 7. The Morgan fingerprint density at radius 1 is 0.816 bits per heavy atom. The molecule has 38 heavy (non-hydrogen) atoms. The summed E-state index contributed by atoms with van der Waals surface area (Å²) in [6, 6.07) is 29.3. The summed E-state index contributed by atoms with van der Waals surface area (Å²) in [7, 11) is 0. The maximum Gasteiger partial charge on any atom is 0.137 e. The number of aliphatic hydroxyl groups is 1. The van der Waals surface area contributed by atoms with Gasteiger partial charge >= 0.3 is 0 Å². The fourth-order valence-electron chi connectivity index (χ4n) is 4.96. The van der Waals surface area contributed by atoms with Gasteiger partial charge in [0.2, 0.25) is 0 Å². The van der Waals surface area contributed by atoms with E-state index in [0.717, 1.165) is 43.3 Å². The van der Waals surface area contributed by atoms with Gasteiger partial charge in [-0.05, 0) is 42.3 Å². The number of halogens is 4. The Kier molecular flexibility index (Phi) is 12.6. The topological polar surface area (TPSA) is 55.4 Å². The highest BCUT2D eigenvalue weighted by Crippen LogP contribution is 2.30. The van der Waals surface area contributed by atoms with Gasteiger partial charge in [-0.3, -0.25) is 9.80 Å². The third-order valence-corrected chi connectivity index (χ3v) is 7.04. The van der Waals surface area contributed by atoms with Crippen LogP contribution in [-0.4, -0.2) is 57.6 Å². The van der Waals surface area contributed by atoms with Crippen LogP contribution in [0.1, 0.15) is 34.7 Å². The minimum Gasteiger partial charge on any atom is -0.385 e. The van der Waals surface area contributed by atoms with Crippen LogP contribution in [0.15, 0.2) is 84.9 Å². The van der Waals surface area contributed by atoms with Gasteiger partial charge in [-0.25, -0.2) is 4.98 Å². The van der Waals surface area contributed by atoms with Crippen molar-refractivity contribution in [2.75, 3.05) is 32.7 Å². The molecule has 2 N–H and O–H groups in total. The first-order chi connectivity index (χ1) is 17.1. The van der Waals surface area contributed by atoms with E-state index in [2.05, 4.69) is 75.4 Å². The number of aromatic amines is 1. The summed E-state index contributed by atoms with van der Waals surface area (Å²) in [5.74, 6) is 0.756. The van der Waals surface area contributed by atoms with Crippen LogP contribution >= 0.6 is 48.8 Å². The van der Waals surface area contributed by atoms with Crippen LogP contribution in [0, 0.1) is 6.92 Å². The molecule has 0 radical (unpaired) electrons. The zero-order chi connectivity index (χ0) is 24.2. The smallest absolute Gasteiger partial charge is 0.137 e. The van der Waals surface area contributed by atoms with Crippen molar-refractivity contribution in [3.05, 3.63) is 112 Å². The molecule has 9 heteroatoms. The number of aryl methyl sites for hydroxylation is 1. The van der Waals surface area contributed by atoms with E-state index in [4.69, 9.17) is 16.6 Å². The second kappa shape index (κ2) is 14.9. The second-order valence-corrected chi connectivity index (χ2v) is 9.62. The molecule has 5 nitrogen and oxygen atoms in total. The van der Waals surface area contributed by atoms with Crippen LogP contribution in [0.25, 0.3) is 11.4 Å². The molecule has 1 aliphatic rings. The average Bonchev–Trinajstić information content (AvgIpc) is 3.29. The Morgan fingerprint density at radius 3 is 1.87 bits per heavy atom. The average molecular weight is 596 g/mol. The van der Waals surface area contributed by atoms with Crippen LogP contribution in [0.4, 0.5) is 0 Å². The van der Waals surface area contributed by atoms with Crippen molar-refractivity contribution in [3.63, 3.8) is 0 Å². The standard InChI is InChI=1S/C29H31ClN4O.3ClH/c1-21-27(32-29(31-21)24-12-14-25(30)15-13-24)26(35)20-33-16-18-34(19-17-33)28(22-8-4-2-5-9-22)23-10-6-3-7-11-23;;;/h2-15,26,28,35H,16-20H2,1H3,(H,31,32);3*1H. The van der Waals surface area contributed by atoms with Crippen molar-refractivity contribution in [3.8, 4) is 11.4 Å². The quantitative estimate of drug-likeness (QED) is 0.248. The fourth-order valence-corrected chi connectivity index (χ4v) is 5.09. The highest BCUT2D eigenvalue weighted by molar-refractivity contribution is 6.30. The Balaban J connectivity index is 0.00000169. The van der Waals surface area contributed by atoms with Crippen molar-refractivity contribution < 1.29 is 5.11 Å². The lowest BCUT2D eigenvalue weighted by molar-refractivity contribution is 0.0606. The molecule has 2 heterocycles. The van der Waals surface area contributed by atoms with Crippen LogP contribution in [0.3, 0.4) is 0 Å². The number of H-pyrrole nitrogens is 1. The van der Waals surface area contributed by atoms with Gasteiger partial charge in [0.05, 0.1) is 11.7 Å². The molecule has 204 valence electrons. The fraction of sp³-hybridized carbons (Fsp3) is 0.276. The first kappa shape index (κ1) is 32.1. The molecule has 5 rings (SSSR count). The maximum absolute atomic E-state index is 11.0. The number of aliphatic hydroxyl groups excluding tert-OH is 1. The zero-order valence-corrected chi connectivity index (χ0v) is 24.4. The van der Waals surface area contributed by atoms with Crippen molar-refractivity contribution in [1.82, 2.24) is 19.8 Å². The second-order valence-electron chi connectivity index (χ2n) is 9.18. The minimum atomic E-state index is -0.641. The largest absolute Gasteiger partial charge is 0.385 e. The first-order valence-corrected chi connectivity index (χ1v) is 12.5. The van der Waals surface area contributed by atoms with Crippen molar-refractivity contribution in [1.29, 1.82) is 0 Å². The van der Waals surface area contributed by atoms with E-state index in [0.29, 0.717) is 17.3 Å². The molecule has 1 unspecified atom stereocenters. The van der Waals surface area contributed by atoms with Crippen LogP contribution < -0.4 is 0 Å². The number of hydrogen-bond donors (Lipinski definition) is 2. The number of benzene rings is 3. The van der Waals surface area contributed by atoms with Crippen LogP contribution in [0.5, 0.6) is 0 Å². The monoisotopic (exact) mass is 594 g/mol. The van der Waals surface area contributed by atoms with E-state index in [9.17, 15) is 5.11 Å². The summed E-state index contributed by atoms with van der Waals surface area (Å²) >= 11 is 6.01. The molecule has 1 aliphatic heterocycles. The van der Waals surface area contributed by atoms with Crippen molar-refractivity contribution >= 4 is 48.8 Å². The molecule has 3 aromatic carbocycles. The van der Waals surface area contributed by atoms with E-state index >= 15 is 0 Å². The van der Waals surface area contributed by atoms with Crippen molar-refractivity contribution in [2.45, 2.75) is 19.1 Å². The van der Waals surface area contributed by atoms with Gasteiger partial charge in [0.15, 0.2) is 0 Å². The molecular formula is C29H34Cl4N4O. The van der Waals surface area contributed by atoms with E-state index in [1.165, 1.54) is 11.1 Å². The number of hydrogen-bond acceptors (Lipinski definition) is 4. The molecule has 1 fully saturated rings. The predicted molar refractivity (Wildman–Crippen MR) is 163 cm³/mol. The maximum atomic E-state index is 11.0. The van der Waals surface area contributed by atoms with E-state index < -0.39 is 6.10 Å². The Bertz CT molecular complexity index is 1190. The molecule has 0 saturated carbocycles. The lowest BCUT2D eigenvalue weighted by Crippen LogP contribution is -2.48. The van der Waals surface area contributed by atoms with Crippen LogP contribution in [0.2, 0.25) is 5.02 Å². The summed E-state index contributed by atoms with van der Waals surface area (Å²) in [6.45, 7) is 6.23. The zero-order valence-electron chi connectivity index (χ0n) is 21.2. The Labute approximate surface area is 248 Å². The summed E-state index contributed by atoms with van der Waals surface area (Å²) in [5, 5.41) is 11.7. The van der Waals surface area contributed by atoms with Crippen molar-refractivity contribution in [2.24, 2.45) is 0 Å². The molecule has 0 aliphatic carbocycles. The molecule has 0 bridgehead atoms. The lowest BCUT2D eigenvalue weighted by Gasteiger charge is -2.40. The molecular weight excluding hydrogens is 562 g/mol. The lowest BCUT2D eigenvalue weighted by atomic mass is 9.96. The van der Waals surface area contributed by atoms with Gasteiger partial charge in [0.1, 0.15) is 11.9 Å². The minimum absolute atomic E-state index is 0. The van der Waals surface area contributed by atoms with Gasteiger partial charge < -0.3 is 10.1 Å². The Hall–Kier alpha value is -2.09. The van der Waals surface area contributed by atoms with Gasteiger partial charge in [-0.1, -0.05) is 72.3 Å². The highest BCUT2D eigenvalue weighted by atomic mass is 35.5. The number of nitrogens with one attached hydrogen (secondary N) is 1. The summed E-state index contributed by atoms with van der Waals surface area (Å²) in [4.78, 5) is 12.9. The van der Waals surface area contributed by atoms with Gasteiger partial charge in [0, 0.05) is 49.0 Å². The number of aromatic nitrogens is 2. The number of imidazole rings is 1. The van der Waals surface area contributed by atoms with E-state index in [1.807, 2.05) is 31.2 Å². The normalized spacial score (nSPS) is 14.7. The molecule has 1 atom stereocenters. The first-order valence-electron chi connectivity index (χ1n) is 12.2. The summed E-state index contributed by atoms with van der Waals surface area (Å²) in [6.07, 6.45) is -0.641.